The Morgan fingerprint density at radius 3 is 2.46 bits per heavy atom. The minimum atomic E-state index is -0.135. The van der Waals surface area contributed by atoms with Crippen molar-refractivity contribution in [2.75, 3.05) is 12.4 Å². The summed E-state index contributed by atoms with van der Waals surface area (Å²) in [6.45, 7) is 0. The number of hydrogen-bond acceptors (Lipinski definition) is 2. The summed E-state index contributed by atoms with van der Waals surface area (Å²) in [4.78, 5) is 4.46. The second-order valence-corrected chi connectivity index (χ2v) is 5.71. The van der Waals surface area contributed by atoms with Crippen molar-refractivity contribution in [2.45, 2.75) is 24.8 Å². The number of nitrogens with zero attached hydrogens (tertiary/aromatic N) is 1. The summed E-state index contributed by atoms with van der Waals surface area (Å²) in [5.41, 5.74) is 7.57. The maximum Gasteiger partial charge on any atom is 0.193 e. The predicted octanol–water partition coefficient (Wildman–Crippen LogP) is 4.13. The molecule has 0 aromatic heterocycles. The molecule has 0 atom stereocenters. The largest absolute Gasteiger partial charge is 0.497 e. The van der Waals surface area contributed by atoms with Gasteiger partial charge in [0, 0.05) is 5.69 Å². The molecule has 0 amide bonds. The first-order valence-electron chi connectivity index (χ1n) is 7.64. The van der Waals surface area contributed by atoms with E-state index in [4.69, 9.17) is 10.5 Å². The van der Waals surface area contributed by atoms with Crippen LogP contribution in [0.15, 0.2) is 53.5 Å². The number of halogens is 2. The molecule has 3 rings (SSSR count). The molecular formula is C18H21FIN3O. The van der Waals surface area contributed by atoms with Gasteiger partial charge >= 0.3 is 0 Å². The van der Waals surface area contributed by atoms with E-state index in [0.717, 1.165) is 29.8 Å². The van der Waals surface area contributed by atoms with Gasteiger partial charge in [-0.15, -0.1) is 24.0 Å². The smallest absolute Gasteiger partial charge is 0.193 e. The molecule has 0 spiro atoms. The van der Waals surface area contributed by atoms with E-state index < -0.39 is 0 Å². The molecule has 4 nitrogen and oxygen atoms in total. The Balaban J connectivity index is 0.00000208. The first-order valence-corrected chi connectivity index (χ1v) is 7.64. The quantitative estimate of drug-likeness (QED) is 0.426. The van der Waals surface area contributed by atoms with Crippen molar-refractivity contribution >= 4 is 35.6 Å². The van der Waals surface area contributed by atoms with Gasteiger partial charge in [0.1, 0.15) is 11.6 Å². The van der Waals surface area contributed by atoms with Gasteiger partial charge in [0.05, 0.1) is 13.2 Å². The van der Waals surface area contributed by atoms with Gasteiger partial charge in [0.15, 0.2) is 5.96 Å². The Morgan fingerprint density at radius 2 is 1.83 bits per heavy atom. The Kier molecular flexibility index (Phi) is 6.42. The van der Waals surface area contributed by atoms with Crippen LogP contribution in [0.2, 0.25) is 0 Å². The molecule has 2 aromatic carbocycles. The molecule has 0 bridgehead atoms. The number of nitrogens with one attached hydrogen (secondary N) is 1. The minimum absolute atomic E-state index is 0. The molecule has 6 heteroatoms. The third-order valence-electron chi connectivity index (χ3n) is 4.14. The second kappa shape index (κ2) is 8.32. The van der Waals surface area contributed by atoms with E-state index in [9.17, 15) is 4.39 Å². The summed E-state index contributed by atoms with van der Waals surface area (Å²) < 4.78 is 18.8. The zero-order chi connectivity index (χ0) is 16.2. The number of ether oxygens (including phenoxy) is 1. The normalized spacial score (nSPS) is 19.8. The van der Waals surface area contributed by atoms with Gasteiger partial charge in [-0.05, 0) is 54.7 Å². The van der Waals surface area contributed by atoms with E-state index in [1.165, 1.54) is 6.07 Å². The standard InChI is InChI=1S/C18H20FN3O.HI/c1-23-15-8-6-13(7-9-15)21-18(20)22-14-10-12(11-14)16-4-2-3-5-17(16)19;/h2-9,12,14H,10-11H2,1H3,(H3,20,21,22);1H. The van der Waals surface area contributed by atoms with Crippen LogP contribution in [-0.2, 0) is 0 Å². The van der Waals surface area contributed by atoms with Crippen molar-refractivity contribution in [3.8, 4) is 5.75 Å². The molecular weight excluding hydrogens is 420 g/mol. The van der Waals surface area contributed by atoms with Gasteiger partial charge in [-0.3, -0.25) is 0 Å². The molecule has 0 unspecified atom stereocenters. The van der Waals surface area contributed by atoms with Crippen molar-refractivity contribution in [1.82, 2.24) is 0 Å². The zero-order valence-electron chi connectivity index (χ0n) is 13.4. The highest BCUT2D eigenvalue weighted by Gasteiger charge is 2.31. The van der Waals surface area contributed by atoms with E-state index in [2.05, 4.69) is 10.3 Å². The van der Waals surface area contributed by atoms with E-state index in [-0.39, 0.29) is 41.8 Å². The third-order valence-corrected chi connectivity index (χ3v) is 4.14. The lowest BCUT2D eigenvalue weighted by molar-refractivity contribution is 0.344. The third kappa shape index (κ3) is 4.37. The molecule has 1 fully saturated rings. The monoisotopic (exact) mass is 441 g/mol. The molecule has 24 heavy (non-hydrogen) atoms. The number of nitrogens with two attached hydrogens (primary N) is 1. The number of methoxy groups -OCH3 is 1. The lowest BCUT2D eigenvalue weighted by Crippen LogP contribution is -2.31. The van der Waals surface area contributed by atoms with E-state index in [0.29, 0.717) is 5.96 Å². The van der Waals surface area contributed by atoms with E-state index >= 15 is 0 Å². The maximum atomic E-state index is 13.7. The lowest BCUT2D eigenvalue weighted by Gasteiger charge is -2.33. The molecule has 0 radical (unpaired) electrons. The summed E-state index contributed by atoms with van der Waals surface area (Å²) in [7, 11) is 1.63. The summed E-state index contributed by atoms with van der Waals surface area (Å²) in [6.07, 6.45) is 1.65. The fourth-order valence-corrected chi connectivity index (χ4v) is 2.80. The molecule has 2 aromatic rings. The summed E-state index contributed by atoms with van der Waals surface area (Å²) in [6, 6.07) is 14.5. The Hall–Kier alpha value is -1.83. The van der Waals surface area contributed by atoms with E-state index in [1.807, 2.05) is 36.4 Å². The summed E-state index contributed by atoms with van der Waals surface area (Å²) in [5.74, 6) is 1.27. The Morgan fingerprint density at radius 1 is 1.17 bits per heavy atom. The molecule has 128 valence electrons. The predicted molar refractivity (Wildman–Crippen MR) is 106 cm³/mol. The average Bonchev–Trinajstić information content (AvgIpc) is 2.52. The average molecular weight is 441 g/mol. The molecule has 3 N–H and O–H groups in total. The van der Waals surface area contributed by atoms with Crippen LogP contribution in [0.3, 0.4) is 0 Å². The number of anilines is 1. The summed E-state index contributed by atoms with van der Waals surface area (Å²) in [5, 5.41) is 3.06. The van der Waals surface area contributed by atoms with Gasteiger partial charge in [0.25, 0.3) is 0 Å². The number of benzene rings is 2. The lowest BCUT2D eigenvalue weighted by atomic mass is 9.76. The first-order chi connectivity index (χ1) is 11.2. The highest BCUT2D eigenvalue weighted by molar-refractivity contribution is 14.0. The molecule has 0 saturated heterocycles. The Labute approximate surface area is 158 Å². The van der Waals surface area contributed by atoms with Crippen LogP contribution in [0.4, 0.5) is 10.1 Å². The van der Waals surface area contributed by atoms with Crippen LogP contribution in [0, 0.1) is 5.82 Å². The molecule has 1 aliphatic rings. The van der Waals surface area contributed by atoms with Crippen molar-refractivity contribution in [3.63, 3.8) is 0 Å². The van der Waals surface area contributed by atoms with Crippen molar-refractivity contribution in [3.05, 3.63) is 59.9 Å². The Bertz CT molecular complexity index is 700. The van der Waals surface area contributed by atoms with E-state index in [1.54, 1.807) is 13.2 Å². The minimum Gasteiger partial charge on any atom is -0.497 e. The molecule has 0 aliphatic heterocycles. The van der Waals surface area contributed by atoms with Gasteiger partial charge in [-0.25, -0.2) is 9.38 Å². The highest BCUT2D eigenvalue weighted by atomic mass is 127. The van der Waals surface area contributed by atoms with Crippen LogP contribution in [0.5, 0.6) is 5.75 Å². The second-order valence-electron chi connectivity index (χ2n) is 5.71. The van der Waals surface area contributed by atoms with Crippen molar-refractivity contribution in [2.24, 2.45) is 10.7 Å². The molecule has 0 heterocycles. The number of aliphatic imine (C=N–C) groups is 1. The fraction of sp³-hybridized carbons (Fsp3) is 0.278. The van der Waals surface area contributed by atoms with Crippen molar-refractivity contribution in [1.29, 1.82) is 0 Å². The highest BCUT2D eigenvalue weighted by Crippen LogP contribution is 2.39. The van der Waals surface area contributed by atoms with Gasteiger partial charge < -0.3 is 15.8 Å². The number of guanidine groups is 1. The van der Waals surface area contributed by atoms with Crippen LogP contribution >= 0.6 is 24.0 Å². The summed E-state index contributed by atoms with van der Waals surface area (Å²) >= 11 is 0. The first kappa shape index (κ1) is 18.5. The SMILES string of the molecule is COc1ccc(NC(N)=NC2CC(c3ccccc3F)C2)cc1.I. The molecule has 1 saturated carbocycles. The van der Waals surface area contributed by atoms with Crippen LogP contribution in [0.1, 0.15) is 24.3 Å². The number of hydrogen-bond donors (Lipinski definition) is 2. The van der Waals surface area contributed by atoms with Gasteiger partial charge in [-0.2, -0.15) is 0 Å². The van der Waals surface area contributed by atoms with Gasteiger partial charge in [-0.1, -0.05) is 18.2 Å². The van der Waals surface area contributed by atoms with Crippen LogP contribution in [0.25, 0.3) is 0 Å². The maximum absolute atomic E-state index is 13.7. The fourth-order valence-electron chi connectivity index (χ4n) is 2.80. The zero-order valence-corrected chi connectivity index (χ0v) is 15.7. The van der Waals surface area contributed by atoms with Crippen molar-refractivity contribution < 1.29 is 9.13 Å². The topological polar surface area (TPSA) is 59.6 Å². The van der Waals surface area contributed by atoms with Crippen LogP contribution < -0.4 is 15.8 Å². The van der Waals surface area contributed by atoms with Gasteiger partial charge in [0.2, 0.25) is 0 Å². The number of rotatable bonds is 4. The van der Waals surface area contributed by atoms with Crippen LogP contribution in [-0.4, -0.2) is 19.1 Å². The molecule has 1 aliphatic carbocycles.